The SMILES string of the molecule is CCS(=O)(=O)Nc1ccc2sc(C(=O)OC)cc2c1. The number of fused-ring (bicyclic) bond motifs is 1. The predicted molar refractivity (Wildman–Crippen MR) is 76.2 cm³/mol. The molecule has 0 bridgehead atoms. The van der Waals surface area contributed by atoms with Crippen LogP contribution in [-0.4, -0.2) is 27.2 Å². The fourth-order valence-electron chi connectivity index (χ4n) is 1.56. The number of hydrogen-bond donors (Lipinski definition) is 1. The first-order valence-electron chi connectivity index (χ1n) is 5.57. The lowest BCUT2D eigenvalue weighted by molar-refractivity contribution is 0.0606. The number of benzene rings is 1. The first-order chi connectivity index (χ1) is 8.95. The van der Waals surface area contributed by atoms with Crippen LogP contribution >= 0.6 is 11.3 Å². The third-order valence-corrected chi connectivity index (χ3v) is 4.96. The number of nitrogens with one attached hydrogen (secondary N) is 1. The van der Waals surface area contributed by atoms with E-state index in [1.54, 1.807) is 31.2 Å². The Labute approximate surface area is 115 Å². The molecule has 1 heterocycles. The van der Waals surface area contributed by atoms with Gasteiger partial charge < -0.3 is 4.74 Å². The minimum atomic E-state index is -3.29. The van der Waals surface area contributed by atoms with E-state index in [9.17, 15) is 13.2 Å². The number of methoxy groups -OCH3 is 1. The van der Waals surface area contributed by atoms with E-state index in [2.05, 4.69) is 9.46 Å². The molecule has 0 saturated carbocycles. The van der Waals surface area contributed by atoms with Crippen LogP contribution in [-0.2, 0) is 14.8 Å². The van der Waals surface area contributed by atoms with Crippen molar-refractivity contribution in [3.63, 3.8) is 0 Å². The van der Waals surface area contributed by atoms with E-state index >= 15 is 0 Å². The zero-order chi connectivity index (χ0) is 14.0. The lowest BCUT2D eigenvalue weighted by Gasteiger charge is -2.05. The summed E-state index contributed by atoms with van der Waals surface area (Å²) < 4.78 is 31.0. The number of esters is 1. The number of sulfonamides is 1. The Morgan fingerprint density at radius 3 is 2.74 bits per heavy atom. The molecule has 102 valence electrons. The molecule has 1 N–H and O–H groups in total. The summed E-state index contributed by atoms with van der Waals surface area (Å²) in [6.07, 6.45) is 0. The highest BCUT2D eigenvalue weighted by molar-refractivity contribution is 7.92. The highest BCUT2D eigenvalue weighted by atomic mass is 32.2. The molecule has 0 aliphatic rings. The number of thiophene rings is 1. The molecular formula is C12H13NO4S2. The van der Waals surface area contributed by atoms with Gasteiger partial charge in [0.25, 0.3) is 0 Å². The summed E-state index contributed by atoms with van der Waals surface area (Å²) in [5.74, 6) is -0.376. The van der Waals surface area contributed by atoms with Crippen molar-refractivity contribution in [3.05, 3.63) is 29.1 Å². The molecule has 1 aromatic heterocycles. The Bertz CT molecular complexity index is 718. The van der Waals surface area contributed by atoms with E-state index in [-0.39, 0.29) is 5.75 Å². The van der Waals surface area contributed by atoms with Crippen LogP contribution in [0.2, 0.25) is 0 Å². The highest BCUT2D eigenvalue weighted by Gasteiger charge is 2.12. The standard InChI is InChI=1S/C12H13NO4S2/c1-3-19(15,16)13-9-4-5-10-8(6-9)7-11(18-10)12(14)17-2/h4-7,13H,3H2,1-2H3. The largest absolute Gasteiger partial charge is 0.465 e. The fraction of sp³-hybridized carbons (Fsp3) is 0.250. The molecule has 5 nitrogen and oxygen atoms in total. The minimum absolute atomic E-state index is 0.0160. The van der Waals surface area contributed by atoms with E-state index in [0.717, 1.165) is 10.1 Å². The zero-order valence-corrected chi connectivity index (χ0v) is 12.1. The summed E-state index contributed by atoms with van der Waals surface area (Å²) in [5.41, 5.74) is 0.489. The van der Waals surface area contributed by atoms with E-state index < -0.39 is 16.0 Å². The molecule has 0 aliphatic carbocycles. The van der Waals surface area contributed by atoms with Crippen molar-refractivity contribution in [1.29, 1.82) is 0 Å². The van der Waals surface area contributed by atoms with Gasteiger partial charge in [-0.2, -0.15) is 0 Å². The number of carbonyl (C=O) groups excluding carboxylic acids is 1. The van der Waals surface area contributed by atoms with Gasteiger partial charge in [0.15, 0.2) is 0 Å². The van der Waals surface area contributed by atoms with Crippen LogP contribution in [0.25, 0.3) is 10.1 Å². The monoisotopic (exact) mass is 299 g/mol. The molecule has 0 fully saturated rings. The number of hydrogen-bond acceptors (Lipinski definition) is 5. The summed E-state index contributed by atoms with van der Waals surface area (Å²) in [6.45, 7) is 1.57. The van der Waals surface area contributed by atoms with Gasteiger partial charge in [-0.05, 0) is 36.6 Å². The van der Waals surface area contributed by atoms with Crippen LogP contribution in [0.5, 0.6) is 0 Å². The minimum Gasteiger partial charge on any atom is -0.465 e. The molecule has 0 aliphatic heterocycles. The maximum absolute atomic E-state index is 11.5. The summed E-state index contributed by atoms with van der Waals surface area (Å²) in [5, 5.41) is 0.807. The smallest absolute Gasteiger partial charge is 0.348 e. The Morgan fingerprint density at radius 1 is 1.37 bits per heavy atom. The summed E-state index contributed by atoms with van der Waals surface area (Å²) >= 11 is 1.31. The average Bonchev–Trinajstić information content (AvgIpc) is 2.80. The van der Waals surface area contributed by atoms with Crippen molar-refractivity contribution in [1.82, 2.24) is 0 Å². The zero-order valence-electron chi connectivity index (χ0n) is 10.5. The molecule has 0 atom stereocenters. The van der Waals surface area contributed by atoms with Gasteiger partial charge in [0.2, 0.25) is 10.0 Å². The third kappa shape index (κ3) is 3.05. The molecule has 0 spiro atoms. The van der Waals surface area contributed by atoms with Crippen LogP contribution in [0.4, 0.5) is 5.69 Å². The average molecular weight is 299 g/mol. The van der Waals surface area contributed by atoms with Crippen molar-refractivity contribution in [2.24, 2.45) is 0 Å². The van der Waals surface area contributed by atoms with Gasteiger partial charge in [-0.1, -0.05) is 0 Å². The summed E-state index contributed by atoms with van der Waals surface area (Å²) in [6, 6.07) is 6.84. The number of carbonyl (C=O) groups is 1. The summed E-state index contributed by atoms with van der Waals surface area (Å²) in [4.78, 5) is 11.9. The normalized spacial score (nSPS) is 11.5. The van der Waals surface area contributed by atoms with Gasteiger partial charge in [-0.25, -0.2) is 13.2 Å². The molecule has 2 rings (SSSR count). The Balaban J connectivity index is 2.38. The van der Waals surface area contributed by atoms with Crippen molar-refractivity contribution in [2.45, 2.75) is 6.92 Å². The topological polar surface area (TPSA) is 72.5 Å². The van der Waals surface area contributed by atoms with Crippen molar-refractivity contribution in [3.8, 4) is 0 Å². The van der Waals surface area contributed by atoms with Gasteiger partial charge in [0.1, 0.15) is 4.88 Å². The Kier molecular flexibility index (Phi) is 3.77. The highest BCUT2D eigenvalue weighted by Crippen LogP contribution is 2.28. The van der Waals surface area contributed by atoms with Crippen LogP contribution in [0.15, 0.2) is 24.3 Å². The first kappa shape index (κ1) is 13.8. The second kappa shape index (κ2) is 5.18. The van der Waals surface area contributed by atoms with E-state index in [4.69, 9.17) is 0 Å². The van der Waals surface area contributed by atoms with Crippen molar-refractivity contribution >= 4 is 43.1 Å². The second-order valence-corrected chi connectivity index (χ2v) is 6.96. The predicted octanol–water partition coefficient (Wildman–Crippen LogP) is 2.45. The van der Waals surface area contributed by atoms with Gasteiger partial charge in [0, 0.05) is 10.4 Å². The number of rotatable bonds is 4. The lowest BCUT2D eigenvalue weighted by atomic mass is 10.2. The van der Waals surface area contributed by atoms with Crippen LogP contribution in [0, 0.1) is 0 Å². The summed E-state index contributed by atoms with van der Waals surface area (Å²) in [7, 11) is -1.97. The van der Waals surface area contributed by atoms with Crippen molar-refractivity contribution < 1.29 is 17.9 Å². The molecule has 0 radical (unpaired) electrons. The van der Waals surface area contributed by atoms with Gasteiger partial charge in [0.05, 0.1) is 12.9 Å². The number of anilines is 1. The van der Waals surface area contributed by atoms with Gasteiger partial charge >= 0.3 is 5.97 Å². The van der Waals surface area contributed by atoms with Gasteiger partial charge in [-0.15, -0.1) is 11.3 Å². The Morgan fingerprint density at radius 2 is 2.11 bits per heavy atom. The molecule has 19 heavy (non-hydrogen) atoms. The van der Waals surface area contributed by atoms with Crippen LogP contribution in [0.3, 0.4) is 0 Å². The quantitative estimate of drug-likeness (QED) is 0.880. The van der Waals surface area contributed by atoms with Crippen LogP contribution in [0.1, 0.15) is 16.6 Å². The second-order valence-electron chi connectivity index (χ2n) is 3.86. The molecule has 1 aromatic carbocycles. The van der Waals surface area contributed by atoms with E-state index in [1.165, 1.54) is 18.4 Å². The first-order valence-corrected chi connectivity index (χ1v) is 8.04. The van der Waals surface area contributed by atoms with Crippen LogP contribution < -0.4 is 4.72 Å². The maximum atomic E-state index is 11.5. The van der Waals surface area contributed by atoms with E-state index in [0.29, 0.717) is 10.6 Å². The molecule has 0 amide bonds. The molecular weight excluding hydrogens is 286 g/mol. The lowest BCUT2D eigenvalue weighted by Crippen LogP contribution is -2.14. The van der Waals surface area contributed by atoms with Gasteiger partial charge in [-0.3, -0.25) is 4.72 Å². The van der Waals surface area contributed by atoms with Crippen molar-refractivity contribution in [2.75, 3.05) is 17.6 Å². The molecule has 0 unspecified atom stereocenters. The molecule has 2 aromatic rings. The van der Waals surface area contributed by atoms with E-state index in [1.807, 2.05) is 0 Å². The maximum Gasteiger partial charge on any atom is 0.348 e. The molecule has 0 saturated heterocycles. The fourth-order valence-corrected chi connectivity index (χ4v) is 3.15. The Hall–Kier alpha value is -1.60. The number of ether oxygens (including phenoxy) is 1. The third-order valence-electron chi connectivity index (χ3n) is 2.56. The molecule has 7 heteroatoms.